The van der Waals surface area contributed by atoms with Crippen LogP contribution in [0.25, 0.3) is 11.4 Å². The Hall–Kier alpha value is -3.02. The Morgan fingerprint density at radius 1 is 1.12 bits per heavy atom. The number of amides is 1. The third-order valence-corrected chi connectivity index (χ3v) is 3.54. The van der Waals surface area contributed by atoms with E-state index in [-0.39, 0.29) is 5.91 Å². The lowest BCUT2D eigenvalue weighted by atomic mass is 10.1. The molecule has 24 heavy (non-hydrogen) atoms. The molecule has 0 fully saturated rings. The van der Waals surface area contributed by atoms with Gasteiger partial charge in [-0.1, -0.05) is 35.0 Å². The van der Waals surface area contributed by atoms with Crippen molar-refractivity contribution in [2.24, 2.45) is 0 Å². The van der Waals surface area contributed by atoms with Gasteiger partial charge < -0.3 is 9.84 Å². The normalized spacial score (nSPS) is 10.5. The van der Waals surface area contributed by atoms with Gasteiger partial charge in [0.25, 0.3) is 0 Å². The highest BCUT2D eigenvalue weighted by molar-refractivity contribution is 5.90. The number of nitrogens with one attached hydrogen (secondary N) is 1. The summed E-state index contributed by atoms with van der Waals surface area (Å²) < 4.78 is 5.25. The van der Waals surface area contributed by atoms with Crippen LogP contribution in [-0.4, -0.2) is 21.0 Å². The summed E-state index contributed by atoms with van der Waals surface area (Å²) in [5.74, 6) is 1.08. The van der Waals surface area contributed by atoms with Gasteiger partial charge in [0.05, 0.1) is 0 Å². The summed E-state index contributed by atoms with van der Waals surface area (Å²) in [6.07, 6.45) is 4.89. The van der Waals surface area contributed by atoms with Gasteiger partial charge in [0, 0.05) is 36.5 Å². The number of benzene rings is 1. The quantitative estimate of drug-likeness (QED) is 0.752. The molecule has 3 rings (SSSR count). The molecule has 0 bridgehead atoms. The molecular formula is C18H18N4O2. The van der Waals surface area contributed by atoms with Gasteiger partial charge in [0.1, 0.15) is 0 Å². The van der Waals surface area contributed by atoms with Gasteiger partial charge in [0.2, 0.25) is 17.6 Å². The van der Waals surface area contributed by atoms with Crippen LogP contribution in [0.1, 0.15) is 24.3 Å². The number of carbonyl (C=O) groups excluding carboxylic acids is 1. The van der Waals surface area contributed by atoms with E-state index < -0.39 is 0 Å². The van der Waals surface area contributed by atoms with Crippen LogP contribution in [0.3, 0.4) is 0 Å². The molecule has 0 radical (unpaired) electrons. The minimum atomic E-state index is -0.0422. The Labute approximate surface area is 139 Å². The number of carbonyl (C=O) groups is 1. The molecule has 0 aliphatic rings. The van der Waals surface area contributed by atoms with Crippen LogP contribution in [0.4, 0.5) is 5.69 Å². The molecule has 1 amide bonds. The lowest BCUT2D eigenvalue weighted by Gasteiger charge is -2.03. The van der Waals surface area contributed by atoms with E-state index in [1.54, 1.807) is 24.5 Å². The molecule has 0 spiro atoms. The zero-order valence-corrected chi connectivity index (χ0v) is 13.4. The summed E-state index contributed by atoms with van der Waals surface area (Å²) in [6.45, 7) is 2.03. The third kappa shape index (κ3) is 4.25. The number of rotatable bonds is 6. The van der Waals surface area contributed by atoms with Gasteiger partial charge >= 0.3 is 0 Å². The highest BCUT2D eigenvalue weighted by atomic mass is 16.5. The second-order valence-corrected chi connectivity index (χ2v) is 5.52. The van der Waals surface area contributed by atoms with Crippen molar-refractivity contribution in [2.75, 3.05) is 5.32 Å². The lowest BCUT2D eigenvalue weighted by molar-refractivity contribution is -0.116. The van der Waals surface area contributed by atoms with E-state index in [0.29, 0.717) is 31.0 Å². The second kappa shape index (κ2) is 7.50. The van der Waals surface area contributed by atoms with Crippen molar-refractivity contribution >= 4 is 11.6 Å². The first-order valence-corrected chi connectivity index (χ1v) is 7.80. The summed E-state index contributed by atoms with van der Waals surface area (Å²) in [6, 6.07) is 11.5. The average molecular weight is 322 g/mol. The van der Waals surface area contributed by atoms with Crippen molar-refractivity contribution in [1.82, 2.24) is 15.1 Å². The maximum atomic E-state index is 11.9. The van der Waals surface area contributed by atoms with Gasteiger partial charge in [-0.05, 0) is 25.5 Å². The average Bonchev–Trinajstić information content (AvgIpc) is 3.05. The molecule has 0 saturated carbocycles. The molecule has 6 nitrogen and oxygen atoms in total. The van der Waals surface area contributed by atoms with Gasteiger partial charge in [-0.3, -0.25) is 9.78 Å². The standard InChI is InChI=1S/C18H18N4O2/c1-13-5-7-14(8-6-13)18-21-17(24-22-18)4-2-3-16(23)20-15-9-11-19-12-10-15/h5-12H,2-4H2,1H3,(H,19,20,23). The Morgan fingerprint density at radius 3 is 2.62 bits per heavy atom. The Balaban J connectivity index is 1.49. The van der Waals surface area contributed by atoms with Crippen LogP contribution in [-0.2, 0) is 11.2 Å². The predicted octanol–water partition coefficient (Wildman–Crippen LogP) is 3.40. The molecule has 1 aromatic carbocycles. The van der Waals surface area contributed by atoms with E-state index in [4.69, 9.17) is 4.52 Å². The monoisotopic (exact) mass is 322 g/mol. The maximum absolute atomic E-state index is 11.9. The van der Waals surface area contributed by atoms with Crippen molar-refractivity contribution < 1.29 is 9.32 Å². The van der Waals surface area contributed by atoms with E-state index in [1.807, 2.05) is 31.2 Å². The highest BCUT2D eigenvalue weighted by Gasteiger charge is 2.09. The second-order valence-electron chi connectivity index (χ2n) is 5.52. The first-order valence-electron chi connectivity index (χ1n) is 7.80. The SMILES string of the molecule is Cc1ccc(-c2noc(CCCC(=O)Nc3ccncc3)n2)cc1. The van der Waals surface area contributed by atoms with Crippen molar-refractivity contribution in [2.45, 2.75) is 26.2 Å². The molecule has 0 aliphatic heterocycles. The number of anilines is 1. The number of aryl methyl sites for hydroxylation is 2. The van der Waals surface area contributed by atoms with Crippen molar-refractivity contribution in [3.63, 3.8) is 0 Å². The van der Waals surface area contributed by atoms with E-state index in [2.05, 4.69) is 20.4 Å². The van der Waals surface area contributed by atoms with Crippen LogP contribution in [0.5, 0.6) is 0 Å². The zero-order chi connectivity index (χ0) is 16.8. The van der Waals surface area contributed by atoms with Crippen molar-refractivity contribution in [3.05, 3.63) is 60.2 Å². The number of aromatic nitrogens is 3. The van der Waals surface area contributed by atoms with E-state index in [9.17, 15) is 4.79 Å². The van der Waals surface area contributed by atoms with E-state index in [0.717, 1.165) is 11.3 Å². The van der Waals surface area contributed by atoms with Gasteiger partial charge in [0.15, 0.2) is 0 Å². The minimum absolute atomic E-state index is 0.0422. The van der Waals surface area contributed by atoms with Crippen LogP contribution >= 0.6 is 0 Å². The number of pyridine rings is 1. The molecule has 0 aliphatic carbocycles. The molecule has 2 aromatic heterocycles. The number of hydrogen-bond donors (Lipinski definition) is 1. The molecule has 0 atom stereocenters. The summed E-state index contributed by atoms with van der Waals surface area (Å²) in [4.78, 5) is 20.1. The molecule has 3 aromatic rings. The third-order valence-electron chi connectivity index (χ3n) is 3.54. The van der Waals surface area contributed by atoms with Crippen LogP contribution < -0.4 is 5.32 Å². The lowest BCUT2D eigenvalue weighted by Crippen LogP contribution is -2.11. The van der Waals surface area contributed by atoms with Crippen LogP contribution in [0.15, 0.2) is 53.3 Å². The predicted molar refractivity (Wildman–Crippen MR) is 90.3 cm³/mol. The largest absolute Gasteiger partial charge is 0.339 e. The molecule has 122 valence electrons. The summed E-state index contributed by atoms with van der Waals surface area (Å²) in [7, 11) is 0. The molecule has 6 heteroatoms. The number of hydrogen-bond acceptors (Lipinski definition) is 5. The maximum Gasteiger partial charge on any atom is 0.226 e. The molecule has 2 heterocycles. The topological polar surface area (TPSA) is 80.9 Å². The van der Waals surface area contributed by atoms with Crippen LogP contribution in [0, 0.1) is 6.92 Å². The fourth-order valence-electron chi connectivity index (χ4n) is 2.24. The van der Waals surface area contributed by atoms with E-state index >= 15 is 0 Å². The van der Waals surface area contributed by atoms with Crippen LogP contribution in [0.2, 0.25) is 0 Å². The van der Waals surface area contributed by atoms with Gasteiger partial charge in [-0.25, -0.2) is 0 Å². The molecule has 0 saturated heterocycles. The van der Waals surface area contributed by atoms with Crippen molar-refractivity contribution in [3.8, 4) is 11.4 Å². The smallest absolute Gasteiger partial charge is 0.226 e. The Kier molecular flexibility index (Phi) is 4.96. The zero-order valence-electron chi connectivity index (χ0n) is 13.4. The van der Waals surface area contributed by atoms with Crippen molar-refractivity contribution in [1.29, 1.82) is 0 Å². The van der Waals surface area contributed by atoms with Gasteiger partial charge in [-0.15, -0.1) is 0 Å². The molecule has 1 N–H and O–H groups in total. The minimum Gasteiger partial charge on any atom is -0.339 e. The molecule has 0 unspecified atom stereocenters. The van der Waals surface area contributed by atoms with E-state index in [1.165, 1.54) is 5.56 Å². The summed E-state index contributed by atoms with van der Waals surface area (Å²) >= 11 is 0. The highest BCUT2D eigenvalue weighted by Crippen LogP contribution is 2.17. The van der Waals surface area contributed by atoms with Gasteiger partial charge in [-0.2, -0.15) is 4.98 Å². The first-order chi connectivity index (χ1) is 11.7. The summed E-state index contributed by atoms with van der Waals surface area (Å²) in [5.41, 5.74) is 2.85. The first kappa shape index (κ1) is 15.9. The Bertz CT molecular complexity index is 797. The number of nitrogens with zero attached hydrogens (tertiary/aromatic N) is 3. The fraction of sp³-hybridized carbons (Fsp3) is 0.222. The molecular weight excluding hydrogens is 304 g/mol. The Morgan fingerprint density at radius 2 is 1.88 bits per heavy atom. The fourth-order valence-corrected chi connectivity index (χ4v) is 2.24. The summed E-state index contributed by atoms with van der Waals surface area (Å²) in [5, 5.41) is 6.81.